The second-order valence-electron chi connectivity index (χ2n) is 7.23. The lowest BCUT2D eigenvalue weighted by Crippen LogP contribution is -2.43. The minimum absolute atomic E-state index is 0.285. The fourth-order valence-corrected chi connectivity index (χ4v) is 4.26. The maximum absolute atomic E-state index is 13.0. The van der Waals surface area contributed by atoms with Crippen molar-refractivity contribution >= 4 is 58.7 Å². The zero-order chi connectivity index (χ0) is 25.8. The number of para-hydroxylation sites is 2. The largest absolute Gasteiger partial charge is 0.467 e. The Morgan fingerprint density at radius 3 is 1.43 bits per heavy atom. The first-order valence-electron chi connectivity index (χ1n) is 10.6. The molecule has 3 N–H and O–H groups in total. The Kier molecular flexibility index (Phi) is 11.4. The summed E-state index contributed by atoms with van der Waals surface area (Å²) in [5.74, 6) is -1.30. The van der Waals surface area contributed by atoms with Crippen molar-refractivity contribution in [1.29, 1.82) is 0 Å². The van der Waals surface area contributed by atoms with Gasteiger partial charge in [0.05, 0.1) is 36.7 Å². The van der Waals surface area contributed by atoms with E-state index < -0.39 is 35.8 Å². The molecule has 2 rings (SSSR count). The van der Waals surface area contributed by atoms with Gasteiger partial charge in [0.15, 0.2) is 0 Å². The van der Waals surface area contributed by atoms with E-state index in [2.05, 4.69) is 16.0 Å². The second-order valence-corrected chi connectivity index (χ2v) is 9.05. The number of methoxy groups -OCH3 is 2. The van der Waals surface area contributed by atoms with E-state index in [1.54, 1.807) is 48.5 Å². The Morgan fingerprint density at radius 1 is 0.714 bits per heavy atom. The summed E-state index contributed by atoms with van der Waals surface area (Å²) < 4.78 is 9.56. The lowest BCUT2D eigenvalue weighted by molar-refractivity contribution is -0.143. The standard InChI is InChI=1S/C24H29N3O6S2/c1-32-23(30)19(13-34-3)26-21(28)15-9-5-7-11-17(15)25-18-12-8-6-10-16(18)22(29)27-20(14-35-4)24(31)33-2/h5-12,19-20,25H,13-14H2,1-4H3,(H,26,28)(H,27,29). The highest BCUT2D eigenvalue weighted by atomic mass is 32.2. The molecule has 2 atom stereocenters. The van der Waals surface area contributed by atoms with Gasteiger partial charge in [-0.05, 0) is 36.8 Å². The maximum Gasteiger partial charge on any atom is 0.329 e. The first kappa shape index (κ1) is 28.1. The van der Waals surface area contributed by atoms with Gasteiger partial charge in [-0.3, -0.25) is 9.59 Å². The van der Waals surface area contributed by atoms with Crippen LogP contribution in [0.2, 0.25) is 0 Å². The van der Waals surface area contributed by atoms with Gasteiger partial charge in [-0.2, -0.15) is 23.5 Å². The molecule has 11 heteroatoms. The Bertz CT molecular complexity index is 968. The van der Waals surface area contributed by atoms with E-state index in [9.17, 15) is 19.2 Å². The van der Waals surface area contributed by atoms with Gasteiger partial charge >= 0.3 is 11.9 Å². The van der Waals surface area contributed by atoms with Gasteiger partial charge in [-0.15, -0.1) is 0 Å². The van der Waals surface area contributed by atoms with E-state index in [1.807, 2.05) is 12.5 Å². The maximum atomic E-state index is 13.0. The van der Waals surface area contributed by atoms with Crippen LogP contribution in [0.1, 0.15) is 20.7 Å². The molecule has 0 fully saturated rings. The van der Waals surface area contributed by atoms with Crippen LogP contribution in [0.3, 0.4) is 0 Å². The lowest BCUT2D eigenvalue weighted by Gasteiger charge is -2.19. The number of rotatable bonds is 12. The molecule has 9 nitrogen and oxygen atoms in total. The van der Waals surface area contributed by atoms with Gasteiger partial charge in [0.2, 0.25) is 0 Å². The molecule has 2 unspecified atom stereocenters. The van der Waals surface area contributed by atoms with E-state index in [0.717, 1.165) is 0 Å². The van der Waals surface area contributed by atoms with Gasteiger partial charge in [0, 0.05) is 11.5 Å². The minimum atomic E-state index is -0.805. The molecule has 0 aromatic heterocycles. The quantitative estimate of drug-likeness (QED) is 0.363. The molecule has 0 aliphatic carbocycles. The number of hydrogen-bond acceptors (Lipinski definition) is 9. The monoisotopic (exact) mass is 519 g/mol. The van der Waals surface area contributed by atoms with Gasteiger partial charge in [0.25, 0.3) is 11.8 Å². The van der Waals surface area contributed by atoms with Gasteiger partial charge in [0.1, 0.15) is 12.1 Å². The summed E-state index contributed by atoms with van der Waals surface area (Å²) in [7, 11) is 2.53. The highest BCUT2D eigenvalue weighted by Crippen LogP contribution is 2.24. The van der Waals surface area contributed by atoms with Gasteiger partial charge in [-0.1, -0.05) is 24.3 Å². The number of carbonyl (C=O) groups excluding carboxylic acids is 4. The molecule has 0 spiro atoms. The minimum Gasteiger partial charge on any atom is -0.467 e. The van der Waals surface area contributed by atoms with E-state index >= 15 is 0 Å². The van der Waals surface area contributed by atoms with Crippen LogP contribution >= 0.6 is 23.5 Å². The number of benzene rings is 2. The average molecular weight is 520 g/mol. The fourth-order valence-electron chi connectivity index (χ4n) is 3.15. The number of nitrogens with one attached hydrogen (secondary N) is 3. The Hall–Kier alpha value is -3.18. The number of carbonyl (C=O) groups is 4. The van der Waals surface area contributed by atoms with Crippen LogP contribution in [0.15, 0.2) is 48.5 Å². The van der Waals surface area contributed by atoms with Crippen molar-refractivity contribution < 1.29 is 28.7 Å². The van der Waals surface area contributed by atoms with E-state index in [0.29, 0.717) is 22.9 Å². The van der Waals surface area contributed by atoms with Crippen molar-refractivity contribution in [2.45, 2.75) is 12.1 Å². The molecule has 0 saturated heterocycles. The molecule has 35 heavy (non-hydrogen) atoms. The van der Waals surface area contributed by atoms with Gasteiger partial charge < -0.3 is 25.4 Å². The Labute approximate surface area is 213 Å². The smallest absolute Gasteiger partial charge is 0.329 e. The fraction of sp³-hybridized carbons (Fsp3) is 0.333. The topological polar surface area (TPSA) is 123 Å². The van der Waals surface area contributed by atoms with E-state index in [4.69, 9.17) is 9.47 Å². The Balaban J connectivity index is 2.29. The zero-order valence-electron chi connectivity index (χ0n) is 20.0. The van der Waals surface area contributed by atoms with Gasteiger partial charge in [-0.25, -0.2) is 9.59 Å². The molecular weight excluding hydrogens is 490 g/mol. The van der Waals surface area contributed by atoms with Crippen LogP contribution in [0.25, 0.3) is 0 Å². The molecule has 2 aromatic rings. The summed E-state index contributed by atoms with van der Waals surface area (Å²) in [6.45, 7) is 0. The number of ether oxygens (including phenoxy) is 2. The van der Waals surface area contributed by atoms with Crippen molar-refractivity contribution in [3.05, 3.63) is 59.7 Å². The predicted octanol–water partition coefficient (Wildman–Crippen LogP) is 2.70. The third kappa shape index (κ3) is 7.93. The predicted molar refractivity (Wildman–Crippen MR) is 139 cm³/mol. The van der Waals surface area contributed by atoms with E-state index in [1.165, 1.54) is 37.7 Å². The highest BCUT2D eigenvalue weighted by molar-refractivity contribution is 7.98. The summed E-state index contributed by atoms with van der Waals surface area (Å²) in [6, 6.07) is 11.9. The van der Waals surface area contributed by atoms with Crippen molar-refractivity contribution in [1.82, 2.24) is 10.6 Å². The molecule has 0 bridgehead atoms. The molecule has 2 aromatic carbocycles. The average Bonchev–Trinajstić information content (AvgIpc) is 2.87. The molecule has 0 saturated carbocycles. The Morgan fingerprint density at radius 2 is 1.09 bits per heavy atom. The summed E-state index contributed by atoms with van der Waals surface area (Å²) in [5, 5.41) is 8.54. The normalized spacial score (nSPS) is 12.1. The first-order valence-corrected chi connectivity index (χ1v) is 13.3. The second kappa shape index (κ2) is 14.3. The molecule has 0 heterocycles. The summed E-state index contributed by atoms with van der Waals surface area (Å²) >= 11 is 2.81. The number of amides is 2. The molecule has 2 amide bonds. The summed E-state index contributed by atoms with van der Waals surface area (Å²) in [5.41, 5.74) is 1.44. The molecule has 0 radical (unpaired) electrons. The highest BCUT2D eigenvalue weighted by Gasteiger charge is 2.25. The van der Waals surface area contributed by atoms with E-state index in [-0.39, 0.29) is 11.1 Å². The van der Waals surface area contributed by atoms with Crippen LogP contribution < -0.4 is 16.0 Å². The summed E-state index contributed by atoms with van der Waals surface area (Å²) in [6.07, 6.45) is 3.65. The third-order valence-electron chi connectivity index (χ3n) is 4.86. The molecular formula is C24H29N3O6S2. The number of hydrogen-bond donors (Lipinski definition) is 3. The number of thioether (sulfide) groups is 2. The first-order chi connectivity index (χ1) is 16.9. The lowest BCUT2D eigenvalue weighted by atomic mass is 10.1. The van der Waals surface area contributed by atoms with Crippen LogP contribution in [0.5, 0.6) is 0 Å². The van der Waals surface area contributed by atoms with Crippen LogP contribution in [-0.4, -0.2) is 74.1 Å². The van der Waals surface area contributed by atoms with Crippen LogP contribution in [-0.2, 0) is 19.1 Å². The third-order valence-corrected chi connectivity index (χ3v) is 6.19. The summed E-state index contributed by atoms with van der Waals surface area (Å²) in [4.78, 5) is 50.1. The van der Waals surface area contributed by atoms with Crippen LogP contribution in [0.4, 0.5) is 11.4 Å². The molecule has 188 valence electrons. The number of anilines is 2. The zero-order valence-corrected chi connectivity index (χ0v) is 21.6. The molecule has 0 aliphatic rings. The SMILES string of the molecule is COC(=O)C(CSC)NC(=O)c1ccccc1Nc1ccccc1C(=O)NC(CSC)C(=O)OC. The van der Waals surface area contributed by atoms with Crippen LogP contribution in [0, 0.1) is 0 Å². The molecule has 0 aliphatic heterocycles. The van der Waals surface area contributed by atoms with Crippen molar-refractivity contribution in [3.63, 3.8) is 0 Å². The van der Waals surface area contributed by atoms with Crippen molar-refractivity contribution in [2.24, 2.45) is 0 Å². The number of esters is 2. The van der Waals surface area contributed by atoms with Crippen molar-refractivity contribution in [3.8, 4) is 0 Å². The van der Waals surface area contributed by atoms with Crippen molar-refractivity contribution in [2.75, 3.05) is 43.6 Å².